The number of nitrogens with zero attached hydrogens (tertiary/aromatic N) is 1. The van der Waals surface area contributed by atoms with Crippen LogP contribution in [0.5, 0.6) is 0 Å². The minimum atomic E-state index is -0.332. The molecule has 0 atom stereocenters. The lowest BCUT2D eigenvalue weighted by Gasteiger charge is -2.11. The topological polar surface area (TPSA) is 70.6 Å². The van der Waals surface area contributed by atoms with E-state index in [1.165, 1.54) is 6.07 Å². The molecule has 0 unspecified atom stereocenters. The molecular formula is C20H21Cl2N3O2. The van der Waals surface area contributed by atoms with Crippen LogP contribution in [-0.4, -0.2) is 17.5 Å². The van der Waals surface area contributed by atoms with E-state index in [9.17, 15) is 9.59 Å². The first-order valence-electron chi connectivity index (χ1n) is 8.53. The summed E-state index contributed by atoms with van der Waals surface area (Å²) in [5.41, 5.74) is 4.71. The van der Waals surface area contributed by atoms with Gasteiger partial charge in [0.25, 0.3) is 0 Å². The average Bonchev–Trinajstić information content (AvgIpc) is 2.63. The van der Waals surface area contributed by atoms with Crippen molar-refractivity contribution in [1.82, 2.24) is 5.43 Å². The Bertz CT molecular complexity index is 836. The molecule has 0 saturated carbocycles. The Balaban J connectivity index is 1.88. The fourth-order valence-corrected chi connectivity index (χ4v) is 2.80. The second-order valence-electron chi connectivity index (χ2n) is 6.23. The first-order valence-corrected chi connectivity index (χ1v) is 9.29. The molecule has 142 valence electrons. The number of hydrogen-bond donors (Lipinski definition) is 2. The highest BCUT2D eigenvalue weighted by Gasteiger charge is 2.11. The van der Waals surface area contributed by atoms with Gasteiger partial charge in [0.2, 0.25) is 11.8 Å². The number of anilines is 1. The fraction of sp³-hybridized carbons (Fsp3) is 0.250. The Hall–Kier alpha value is -2.37. The monoisotopic (exact) mass is 405 g/mol. The number of amides is 2. The molecule has 2 amide bonds. The Morgan fingerprint density at radius 1 is 1.00 bits per heavy atom. The van der Waals surface area contributed by atoms with Crippen molar-refractivity contribution >= 4 is 46.4 Å². The van der Waals surface area contributed by atoms with Crippen LogP contribution in [0.15, 0.2) is 53.6 Å². The van der Waals surface area contributed by atoms with Crippen LogP contribution in [0.25, 0.3) is 0 Å². The van der Waals surface area contributed by atoms with Gasteiger partial charge < -0.3 is 5.32 Å². The molecule has 2 aromatic carbocycles. The lowest BCUT2D eigenvalue weighted by atomic mass is 10.0. The summed E-state index contributed by atoms with van der Waals surface area (Å²) in [6.45, 7) is 4.00. The highest BCUT2D eigenvalue weighted by molar-refractivity contribution is 6.36. The number of carbonyl (C=O) groups excluding carboxylic acids is 2. The first-order chi connectivity index (χ1) is 12.9. The zero-order valence-electron chi connectivity index (χ0n) is 15.1. The van der Waals surface area contributed by atoms with Crippen LogP contribution in [-0.2, 0) is 9.59 Å². The lowest BCUT2D eigenvalue weighted by molar-refractivity contribution is -0.124. The third kappa shape index (κ3) is 6.70. The van der Waals surface area contributed by atoms with Crippen molar-refractivity contribution in [2.45, 2.75) is 26.7 Å². The molecule has 2 rings (SSSR count). The minimum Gasteiger partial charge on any atom is -0.325 e. The van der Waals surface area contributed by atoms with E-state index in [1.807, 2.05) is 44.2 Å². The molecule has 0 aliphatic heterocycles. The van der Waals surface area contributed by atoms with Gasteiger partial charge in [0.05, 0.1) is 16.4 Å². The van der Waals surface area contributed by atoms with Crippen LogP contribution in [0.3, 0.4) is 0 Å². The van der Waals surface area contributed by atoms with Crippen LogP contribution in [0.2, 0.25) is 10.0 Å². The summed E-state index contributed by atoms with van der Waals surface area (Å²) in [6, 6.07) is 14.4. The van der Waals surface area contributed by atoms with Crippen molar-refractivity contribution in [3.8, 4) is 0 Å². The van der Waals surface area contributed by atoms with E-state index < -0.39 is 0 Å². The maximum atomic E-state index is 12.0. The maximum Gasteiger partial charge on any atom is 0.240 e. The van der Waals surface area contributed by atoms with E-state index in [0.717, 1.165) is 11.3 Å². The lowest BCUT2D eigenvalue weighted by Crippen LogP contribution is -2.23. The highest BCUT2D eigenvalue weighted by atomic mass is 35.5. The van der Waals surface area contributed by atoms with Crippen LogP contribution < -0.4 is 10.7 Å². The number of halogens is 2. The summed E-state index contributed by atoms with van der Waals surface area (Å²) < 4.78 is 0. The summed E-state index contributed by atoms with van der Waals surface area (Å²) in [5, 5.41) is 7.71. The van der Waals surface area contributed by atoms with Crippen molar-refractivity contribution in [3.05, 3.63) is 64.1 Å². The smallest absolute Gasteiger partial charge is 0.240 e. The summed E-state index contributed by atoms with van der Waals surface area (Å²) in [5.74, 6) is -0.505. The molecule has 0 saturated heterocycles. The zero-order chi connectivity index (χ0) is 19.8. The third-order valence-electron chi connectivity index (χ3n) is 3.70. The van der Waals surface area contributed by atoms with Gasteiger partial charge in [-0.1, -0.05) is 67.4 Å². The minimum absolute atomic E-state index is 0.0146. The number of carbonyl (C=O) groups is 2. The molecule has 5 nitrogen and oxygen atoms in total. The van der Waals surface area contributed by atoms with Gasteiger partial charge in [-0.15, -0.1) is 0 Å². The van der Waals surface area contributed by atoms with Gasteiger partial charge in [-0.2, -0.15) is 5.10 Å². The number of hydrazone groups is 1. The fourth-order valence-electron chi connectivity index (χ4n) is 2.34. The van der Waals surface area contributed by atoms with E-state index in [1.54, 1.807) is 12.1 Å². The number of rotatable bonds is 7. The standard InChI is InChI=1S/C20H21Cl2N3O2/c1-13(2)20(14-6-4-3-5-7-14)25-24-19(27)11-10-18(26)23-17-9-8-15(21)12-16(17)22/h3-9,12-13H,10-11H2,1-2H3,(H,23,26)(H,24,27)/b25-20+. The van der Waals surface area contributed by atoms with Gasteiger partial charge in [0.15, 0.2) is 0 Å². The molecule has 2 N–H and O–H groups in total. The van der Waals surface area contributed by atoms with E-state index in [0.29, 0.717) is 15.7 Å². The predicted molar refractivity (Wildman–Crippen MR) is 110 cm³/mol. The SMILES string of the molecule is CC(C)/C(=N\NC(=O)CCC(=O)Nc1ccc(Cl)cc1Cl)c1ccccc1. The zero-order valence-corrected chi connectivity index (χ0v) is 16.6. The Labute approximate surface area is 168 Å². The molecule has 2 aromatic rings. The van der Waals surface area contributed by atoms with E-state index in [-0.39, 0.29) is 30.6 Å². The molecule has 0 bridgehead atoms. The molecule has 0 spiro atoms. The molecule has 0 radical (unpaired) electrons. The molecule has 0 heterocycles. The molecule has 0 aliphatic rings. The van der Waals surface area contributed by atoms with Crippen molar-refractivity contribution in [1.29, 1.82) is 0 Å². The van der Waals surface area contributed by atoms with Crippen molar-refractivity contribution in [2.75, 3.05) is 5.32 Å². The van der Waals surface area contributed by atoms with Gasteiger partial charge >= 0.3 is 0 Å². The molecule has 0 aliphatic carbocycles. The van der Waals surface area contributed by atoms with Crippen molar-refractivity contribution in [3.63, 3.8) is 0 Å². The third-order valence-corrected chi connectivity index (χ3v) is 4.25. The number of benzene rings is 2. The Morgan fingerprint density at radius 3 is 2.30 bits per heavy atom. The highest BCUT2D eigenvalue weighted by Crippen LogP contribution is 2.25. The summed E-state index contributed by atoms with van der Waals surface area (Å²) in [4.78, 5) is 24.0. The van der Waals surface area contributed by atoms with Gasteiger partial charge in [0.1, 0.15) is 0 Å². The summed E-state index contributed by atoms with van der Waals surface area (Å²) >= 11 is 11.8. The predicted octanol–water partition coefficient (Wildman–Crippen LogP) is 4.89. The van der Waals surface area contributed by atoms with Crippen LogP contribution >= 0.6 is 23.2 Å². The Morgan fingerprint density at radius 2 is 1.67 bits per heavy atom. The molecule has 0 fully saturated rings. The summed E-state index contributed by atoms with van der Waals surface area (Å²) in [6.07, 6.45) is 0.0311. The Kier molecular flexibility index (Phi) is 7.82. The quantitative estimate of drug-likeness (QED) is 0.508. The van der Waals surface area contributed by atoms with E-state index in [2.05, 4.69) is 15.8 Å². The van der Waals surface area contributed by atoms with Crippen LogP contribution in [0.1, 0.15) is 32.3 Å². The molecule has 27 heavy (non-hydrogen) atoms. The molecule has 0 aromatic heterocycles. The summed E-state index contributed by atoms with van der Waals surface area (Å²) in [7, 11) is 0. The number of hydrogen-bond acceptors (Lipinski definition) is 3. The van der Waals surface area contributed by atoms with E-state index >= 15 is 0 Å². The second-order valence-corrected chi connectivity index (χ2v) is 7.07. The van der Waals surface area contributed by atoms with Gasteiger partial charge in [-0.25, -0.2) is 5.43 Å². The maximum absolute atomic E-state index is 12.0. The van der Waals surface area contributed by atoms with Gasteiger partial charge in [0, 0.05) is 17.9 Å². The van der Waals surface area contributed by atoms with Crippen molar-refractivity contribution < 1.29 is 9.59 Å². The number of nitrogens with one attached hydrogen (secondary N) is 2. The normalized spacial score (nSPS) is 11.4. The van der Waals surface area contributed by atoms with Crippen molar-refractivity contribution in [2.24, 2.45) is 11.0 Å². The largest absolute Gasteiger partial charge is 0.325 e. The first kappa shape index (κ1) is 20.9. The van der Waals surface area contributed by atoms with Crippen LogP contribution in [0.4, 0.5) is 5.69 Å². The van der Waals surface area contributed by atoms with Gasteiger partial charge in [-0.3, -0.25) is 9.59 Å². The average molecular weight is 406 g/mol. The molecule has 7 heteroatoms. The van der Waals surface area contributed by atoms with E-state index in [4.69, 9.17) is 23.2 Å². The van der Waals surface area contributed by atoms with Crippen LogP contribution in [0, 0.1) is 5.92 Å². The molecular weight excluding hydrogens is 385 g/mol. The van der Waals surface area contributed by atoms with Gasteiger partial charge in [-0.05, 0) is 29.7 Å². The second kappa shape index (κ2) is 10.1.